The molecule has 1 fully saturated rings. The lowest BCUT2D eigenvalue weighted by molar-refractivity contribution is -0.386. The van der Waals surface area contributed by atoms with Crippen molar-refractivity contribution in [2.24, 2.45) is 0 Å². The van der Waals surface area contributed by atoms with Gasteiger partial charge in [-0.25, -0.2) is 8.42 Å². The zero-order valence-electron chi connectivity index (χ0n) is 16.8. The Bertz CT molecular complexity index is 1090. The summed E-state index contributed by atoms with van der Waals surface area (Å²) in [5.74, 6) is -0.693. The number of rotatable bonds is 8. The summed E-state index contributed by atoms with van der Waals surface area (Å²) in [5.41, 5.74) is 0.201. The van der Waals surface area contributed by atoms with E-state index in [0.29, 0.717) is 18.1 Å². The number of hydrogen-bond donors (Lipinski definition) is 1. The van der Waals surface area contributed by atoms with E-state index in [0.717, 1.165) is 24.5 Å². The summed E-state index contributed by atoms with van der Waals surface area (Å²) < 4.78 is 31.9. The first-order chi connectivity index (χ1) is 14.7. The van der Waals surface area contributed by atoms with E-state index in [4.69, 9.17) is 16.3 Å². The first-order valence-corrected chi connectivity index (χ1v) is 11.5. The van der Waals surface area contributed by atoms with E-state index in [2.05, 4.69) is 5.32 Å². The van der Waals surface area contributed by atoms with E-state index in [1.165, 1.54) is 16.4 Å². The predicted octanol–water partition coefficient (Wildman–Crippen LogP) is 3.29. The quantitative estimate of drug-likeness (QED) is 0.470. The maximum atomic E-state index is 12.7. The van der Waals surface area contributed by atoms with Crippen LogP contribution in [0.5, 0.6) is 5.75 Å². The van der Waals surface area contributed by atoms with Crippen LogP contribution < -0.4 is 10.1 Å². The van der Waals surface area contributed by atoms with Crippen LogP contribution >= 0.6 is 11.6 Å². The van der Waals surface area contributed by atoms with Crippen molar-refractivity contribution in [2.45, 2.75) is 30.7 Å². The van der Waals surface area contributed by atoms with Gasteiger partial charge in [-0.2, -0.15) is 4.31 Å². The molecule has 0 bridgehead atoms. The van der Waals surface area contributed by atoms with Gasteiger partial charge >= 0.3 is 5.69 Å². The molecule has 3 rings (SSSR count). The Kier molecular flexibility index (Phi) is 7.14. The number of halogens is 1. The van der Waals surface area contributed by atoms with Crippen molar-refractivity contribution < 1.29 is 22.9 Å². The van der Waals surface area contributed by atoms with Crippen LogP contribution in [-0.2, 0) is 14.8 Å². The number of benzene rings is 2. The minimum Gasteiger partial charge on any atom is -0.477 e. The van der Waals surface area contributed by atoms with Crippen molar-refractivity contribution in [2.75, 3.05) is 19.7 Å². The van der Waals surface area contributed by atoms with Gasteiger partial charge in [0, 0.05) is 24.2 Å². The molecule has 1 unspecified atom stereocenters. The van der Waals surface area contributed by atoms with Crippen molar-refractivity contribution in [3.8, 4) is 5.75 Å². The second kappa shape index (κ2) is 9.63. The lowest BCUT2D eigenvalue weighted by Gasteiger charge is -2.17. The number of sulfonamides is 1. The third-order valence-electron chi connectivity index (χ3n) is 4.94. The van der Waals surface area contributed by atoms with Gasteiger partial charge in [0.1, 0.15) is 0 Å². The molecule has 0 aromatic heterocycles. The van der Waals surface area contributed by atoms with E-state index < -0.39 is 39.2 Å². The molecule has 0 saturated carbocycles. The molecule has 0 radical (unpaired) electrons. The van der Waals surface area contributed by atoms with Crippen LogP contribution in [0.2, 0.25) is 5.02 Å². The largest absolute Gasteiger partial charge is 0.477 e. The highest BCUT2D eigenvalue weighted by Crippen LogP contribution is 2.32. The summed E-state index contributed by atoms with van der Waals surface area (Å²) in [6, 6.07) is 10.1. The molecule has 1 N–H and O–H groups in total. The summed E-state index contributed by atoms with van der Waals surface area (Å²) in [5, 5.41) is 14.7. The van der Waals surface area contributed by atoms with Gasteiger partial charge in [0.05, 0.1) is 15.9 Å². The van der Waals surface area contributed by atoms with Gasteiger partial charge in [-0.1, -0.05) is 29.8 Å². The standard InChI is InChI=1S/C20H22ClN3O6S/c1-14(16-6-2-3-7-17(16)21)22-20(25)13-30-19-9-8-15(12-18(19)24(26)27)31(28,29)23-10-4-5-11-23/h2-3,6-9,12,14H,4-5,10-11,13H2,1H3,(H,22,25). The molecule has 1 amide bonds. The van der Waals surface area contributed by atoms with Crippen LogP contribution in [0, 0.1) is 10.1 Å². The van der Waals surface area contributed by atoms with E-state index in [1.54, 1.807) is 31.2 Å². The van der Waals surface area contributed by atoms with Gasteiger partial charge < -0.3 is 10.1 Å². The van der Waals surface area contributed by atoms with Gasteiger partial charge in [0.2, 0.25) is 10.0 Å². The molecule has 2 aromatic rings. The van der Waals surface area contributed by atoms with Crippen LogP contribution in [0.3, 0.4) is 0 Å². The number of nitrogens with one attached hydrogen (secondary N) is 1. The van der Waals surface area contributed by atoms with Crippen LogP contribution in [0.15, 0.2) is 47.4 Å². The summed E-state index contributed by atoms with van der Waals surface area (Å²) >= 11 is 6.12. The molecule has 9 nitrogen and oxygen atoms in total. The van der Waals surface area contributed by atoms with Crippen LogP contribution in [0.4, 0.5) is 5.69 Å². The first-order valence-electron chi connectivity index (χ1n) is 9.65. The molecule has 11 heteroatoms. The van der Waals surface area contributed by atoms with Gasteiger partial charge in [-0.15, -0.1) is 0 Å². The summed E-state index contributed by atoms with van der Waals surface area (Å²) in [4.78, 5) is 22.8. The first kappa shape index (κ1) is 23.0. The smallest absolute Gasteiger partial charge is 0.312 e. The highest BCUT2D eigenvalue weighted by atomic mass is 35.5. The minimum absolute atomic E-state index is 0.176. The molecule has 1 aliphatic heterocycles. The summed E-state index contributed by atoms with van der Waals surface area (Å²) in [7, 11) is -3.81. The molecule has 2 aromatic carbocycles. The fraction of sp³-hybridized carbons (Fsp3) is 0.350. The lowest BCUT2D eigenvalue weighted by Crippen LogP contribution is -2.31. The molecular formula is C20H22ClN3O6S. The molecule has 1 aliphatic rings. The number of amides is 1. The van der Waals surface area contributed by atoms with Gasteiger partial charge in [-0.05, 0) is 43.5 Å². The van der Waals surface area contributed by atoms with Gasteiger partial charge in [0.25, 0.3) is 5.91 Å². The van der Waals surface area contributed by atoms with Crippen molar-refractivity contribution in [3.63, 3.8) is 0 Å². The number of ether oxygens (including phenoxy) is 1. The molecule has 166 valence electrons. The predicted molar refractivity (Wildman–Crippen MR) is 115 cm³/mol. The highest BCUT2D eigenvalue weighted by molar-refractivity contribution is 7.89. The zero-order valence-corrected chi connectivity index (χ0v) is 18.4. The van der Waals surface area contributed by atoms with E-state index in [1.807, 2.05) is 0 Å². The molecule has 31 heavy (non-hydrogen) atoms. The minimum atomic E-state index is -3.81. The Labute approximate surface area is 185 Å². The maximum Gasteiger partial charge on any atom is 0.312 e. The summed E-state index contributed by atoms with van der Waals surface area (Å²) in [6.45, 7) is 2.05. The topological polar surface area (TPSA) is 119 Å². The molecule has 0 aliphatic carbocycles. The van der Waals surface area contributed by atoms with E-state index >= 15 is 0 Å². The van der Waals surface area contributed by atoms with E-state index in [-0.39, 0.29) is 10.6 Å². The normalized spacial score (nSPS) is 15.4. The van der Waals surface area contributed by atoms with Crippen LogP contribution in [0.25, 0.3) is 0 Å². The Morgan fingerprint density at radius 2 is 1.94 bits per heavy atom. The van der Waals surface area contributed by atoms with Gasteiger partial charge in [-0.3, -0.25) is 14.9 Å². The Morgan fingerprint density at radius 3 is 2.58 bits per heavy atom. The average molecular weight is 468 g/mol. The number of nitro groups is 1. The van der Waals surface area contributed by atoms with Crippen LogP contribution in [-0.4, -0.2) is 43.2 Å². The lowest BCUT2D eigenvalue weighted by atomic mass is 10.1. The zero-order chi connectivity index (χ0) is 22.6. The number of carbonyl (C=O) groups is 1. The average Bonchev–Trinajstić information content (AvgIpc) is 3.28. The number of nitro benzene ring substituents is 1. The van der Waals surface area contributed by atoms with E-state index in [9.17, 15) is 23.3 Å². The fourth-order valence-electron chi connectivity index (χ4n) is 3.33. The number of nitrogens with zero attached hydrogens (tertiary/aromatic N) is 2. The third kappa shape index (κ3) is 5.33. The SMILES string of the molecule is CC(NC(=O)COc1ccc(S(=O)(=O)N2CCCC2)cc1[N+](=O)[O-])c1ccccc1Cl. The monoisotopic (exact) mass is 467 g/mol. The van der Waals surface area contributed by atoms with Crippen molar-refractivity contribution in [1.82, 2.24) is 9.62 Å². The van der Waals surface area contributed by atoms with Crippen LogP contribution in [0.1, 0.15) is 31.4 Å². The Balaban J connectivity index is 1.70. The van der Waals surface area contributed by atoms with Gasteiger partial charge in [0.15, 0.2) is 12.4 Å². The third-order valence-corrected chi connectivity index (χ3v) is 7.18. The highest BCUT2D eigenvalue weighted by Gasteiger charge is 2.30. The molecule has 1 atom stereocenters. The van der Waals surface area contributed by atoms with Crippen molar-refractivity contribution >= 4 is 33.2 Å². The molecule has 1 saturated heterocycles. The second-order valence-corrected chi connectivity index (χ2v) is 9.44. The number of carbonyl (C=O) groups excluding carboxylic acids is 1. The molecular weight excluding hydrogens is 446 g/mol. The summed E-state index contributed by atoms with van der Waals surface area (Å²) in [6.07, 6.45) is 1.51. The Morgan fingerprint density at radius 1 is 1.26 bits per heavy atom. The second-order valence-electron chi connectivity index (χ2n) is 7.10. The van der Waals surface area contributed by atoms with Crippen molar-refractivity contribution in [1.29, 1.82) is 0 Å². The number of hydrogen-bond acceptors (Lipinski definition) is 6. The van der Waals surface area contributed by atoms with Crippen molar-refractivity contribution in [3.05, 3.63) is 63.2 Å². The fourth-order valence-corrected chi connectivity index (χ4v) is 5.17. The Hall–Kier alpha value is -2.69. The molecule has 1 heterocycles. The maximum absolute atomic E-state index is 12.7. The molecule has 0 spiro atoms.